The molecule has 2 aromatic heterocycles. The van der Waals surface area contributed by atoms with Gasteiger partial charge in [-0.25, -0.2) is 4.98 Å². The van der Waals surface area contributed by atoms with E-state index in [1.807, 2.05) is 25.1 Å². The van der Waals surface area contributed by atoms with E-state index in [1.165, 1.54) is 0 Å². The van der Waals surface area contributed by atoms with Crippen LogP contribution in [-0.4, -0.2) is 27.4 Å². The lowest BCUT2D eigenvalue weighted by Gasteiger charge is -2.01. The number of hydrogen-bond donors (Lipinski definition) is 3. The monoisotopic (exact) mass is 268 g/mol. The normalized spacial score (nSPS) is 10.8. The average molecular weight is 268 g/mol. The first-order chi connectivity index (χ1) is 9.74. The molecule has 0 aliphatic rings. The number of aryl methyl sites for hydroxylation is 1. The van der Waals surface area contributed by atoms with Gasteiger partial charge in [-0.1, -0.05) is 12.1 Å². The van der Waals surface area contributed by atoms with E-state index in [9.17, 15) is 4.79 Å². The molecular weight excluding hydrogens is 252 g/mol. The summed E-state index contributed by atoms with van der Waals surface area (Å²) < 4.78 is 0. The van der Waals surface area contributed by atoms with Gasteiger partial charge in [-0.05, 0) is 24.6 Å². The van der Waals surface area contributed by atoms with Gasteiger partial charge in [0, 0.05) is 25.4 Å². The van der Waals surface area contributed by atoms with Crippen molar-refractivity contribution < 1.29 is 4.79 Å². The zero-order chi connectivity index (χ0) is 13.9. The van der Waals surface area contributed by atoms with Crippen LogP contribution in [0, 0.1) is 6.92 Å². The van der Waals surface area contributed by atoms with Gasteiger partial charge in [0.2, 0.25) is 0 Å². The van der Waals surface area contributed by atoms with Crippen molar-refractivity contribution in [3.05, 3.63) is 53.6 Å². The van der Waals surface area contributed by atoms with Crippen LogP contribution in [0.3, 0.4) is 0 Å². The molecule has 1 aromatic carbocycles. The molecule has 0 bridgehead atoms. The van der Waals surface area contributed by atoms with E-state index in [4.69, 9.17) is 0 Å². The Bertz CT molecular complexity index is 728. The maximum absolute atomic E-state index is 11.8. The molecule has 5 heteroatoms. The van der Waals surface area contributed by atoms with Crippen molar-refractivity contribution in [3.8, 4) is 0 Å². The molecule has 5 nitrogen and oxygen atoms in total. The molecule has 0 spiro atoms. The molecule has 0 aliphatic heterocycles. The number of nitrogens with zero attached hydrogens (tertiary/aromatic N) is 1. The number of carbonyl (C=O) groups is 1. The number of aromatic nitrogens is 3. The van der Waals surface area contributed by atoms with E-state index in [0.717, 1.165) is 22.4 Å². The predicted octanol–water partition coefficient (Wildman–Crippen LogP) is 2.17. The first kappa shape index (κ1) is 12.5. The lowest BCUT2D eigenvalue weighted by molar-refractivity contribution is 0.0954. The van der Waals surface area contributed by atoms with Crippen LogP contribution in [0.25, 0.3) is 11.0 Å². The van der Waals surface area contributed by atoms with E-state index in [2.05, 4.69) is 20.3 Å². The first-order valence-corrected chi connectivity index (χ1v) is 6.59. The minimum atomic E-state index is -0.0708. The van der Waals surface area contributed by atoms with Crippen molar-refractivity contribution >= 4 is 16.9 Å². The molecule has 1 amide bonds. The third-order valence-corrected chi connectivity index (χ3v) is 3.27. The Morgan fingerprint density at radius 1 is 1.35 bits per heavy atom. The number of rotatable bonds is 4. The fourth-order valence-corrected chi connectivity index (χ4v) is 2.21. The molecule has 0 saturated carbocycles. The first-order valence-electron chi connectivity index (χ1n) is 6.59. The zero-order valence-corrected chi connectivity index (χ0v) is 11.2. The fourth-order valence-electron chi connectivity index (χ4n) is 2.21. The number of aromatic amines is 2. The van der Waals surface area contributed by atoms with Crippen molar-refractivity contribution in [1.29, 1.82) is 0 Å². The molecule has 2 heterocycles. The summed E-state index contributed by atoms with van der Waals surface area (Å²) in [5, 5.41) is 2.87. The second-order valence-electron chi connectivity index (χ2n) is 4.76. The summed E-state index contributed by atoms with van der Waals surface area (Å²) in [6, 6.07) is 7.81. The molecule has 0 atom stereocenters. The topological polar surface area (TPSA) is 73.6 Å². The number of imidazole rings is 1. The van der Waals surface area contributed by atoms with E-state index >= 15 is 0 Å². The van der Waals surface area contributed by atoms with Crippen LogP contribution in [0.15, 0.2) is 36.7 Å². The Morgan fingerprint density at radius 2 is 2.25 bits per heavy atom. The molecule has 0 radical (unpaired) electrons. The molecule has 0 unspecified atom stereocenters. The molecule has 3 rings (SSSR count). The van der Waals surface area contributed by atoms with Crippen LogP contribution in [0.2, 0.25) is 0 Å². The van der Waals surface area contributed by atoms with Crippen LogP contribution in [0.5, 0.6) is 0 Å². The van der Waals surface area contributed by atoms with E-state index in [-0.39, 0.29) is 5.91 Å². The number of hydrogen-bond acceptors (Lipinski definition) is 2. The third kappa shape index (κ3) is 2.42. The summed E-state index contributed by atoms with van der Waals surface area (Å²) in [4.78, 5) is 22.5. The van der Waals surface area contributed by atoms with Crippen LogP contribution in [0.1, 0.15) is 21.7 Å². The fraction of sp³-hybridized carbons (Fsp3) is 0.200. The van der Waals surface area contributed by atoms with Crippen LogP contribution < -0.4 is 5.32 Å². The smallest absolute Gasteiger partial charge is 0.252 e. The number of amides is 1. The second kappa shape index (κ2) is 5.21. The largest absolute Gasteiger partial charge is 0.367 e. The maximum atomic E-state index is 11.8. The number of nitrogens with one attached hydrogen (secondary N) is 3. The highest BCUT2D eigenvalue weighted by molar-refractivity contribution is 5.93. The highest BCUT2D eigenvalue weighted by Crippen LogP contribution is 2.15. The van der Waals surface area contributed by atoms with Crippen molar-refractivity contribution in [3.63, 3.8) is 0 Å². The van der Waals surface area contributed by atoms with E-state index in [1.54, 1.807) is 18.5 Å². The van der Waals surface area contributed by atoms with E-state index < -0.39 is 0 Å². The number of H-pyrrole nitrogens is 2. The van der Waals surface area contributed by atoms with Crippen molar-refractivity contribution in [2.45, 2.75) is 13.3 Å². The summed E-state index contributed by atoms with van der Waals surface area (Å²) in [6.07, 6.45) is 4.10. The van der Waals surface area contributed by atoms with Gasteiger partial charge in [0.05, 0.1) is 16.6 Å². The van der Waals surface area contributed by atoms with Gasteiger partial charge >= 0.3 is 0 Å². The lowest BCUT2D eigenvalue weighted by Crippen LogP contribution is -2.25. The highest BCUT2D eigenvalue weighted by atomic mass is 16.1. The Hall–Kier alpha value is -2.56. The number of benzene rings is 1. The van der Waals surface area contributed by atoms with Gasteiger partial charge in [0.25, 0.3) is 5.91 Å². The highest BCUT2D eigenvalue weighted by Gasteiger charge is 2.07. The number of carbonyl (C=O) groups excluding carboxylic acids is 1. The van der Waals surface area contributed by atoms with Gasteiger partial charge in [0.1, 0.15) is 5.82 Å². The molecule has 20 heavy (non-hydrogen) atoms. The van der Waals surface area contributed by atoms with Gasteiger partial charge in [-0.3, -0.25) is 4.79 Å². The Morgan fingerprint density at radius 3 is 3.00 bits per heavy atom. The standard InChI is InChI=1S/C15H16N4O/c1-10-3-2-4-12-14(10)19-13(18-12)6-8-17-15(20)11-5-7-16-9-11/h2-5,7,9,16H,6,8H2,1H3,(H,17,20)(H,18,19). The van der Waals surface area contributed by atoms with Crippen molar-refractivity contribution in [2.24, 2.45) is 0 Å². The SMILES string of the molecule is Cc1cccc2[nH]c(CCNC(=O)c3cc[nH]c3)nc12. The Balaban J connectivity index is 1.63. The predicted molar refractivity (Wildman–Crippen MR) is 77.7 cm³/mol. The zero-order valence-electron chi connectivity index (χ0n) is 11.2. The van der Waals surface area contributed by atoms with Gasteiger partial charge in [0.15, 0.2) is 0 Å². The van der Waals surface area contributed by atoms with Gasteiger partial charge in [-0.15, -0.1) is 0 Å². The number of para-hydroxylation sites is 1. The van der Waals surface area contributed by atoms with Gasteiger partial charge < -0.3 is 15.3 Å². The van der Waals surface area contributed by atoms with Crippen LogP contribution >= 0.6 is 0 Å². The summed E-state index contributed by atoms with van der Waals surface area (Å²) in [6.45, 7) is 2.60. The third-order valence-electron chi connectivity index (χ3n) is 3.27. The van der Waals surface area contributed by atoms with Crippen LogP contribution in [0.4, 0.5) is 0 Å². The molecule has 0 saturated heterocycles. The molecular formula is C15H16N4O. The molecule has 102 valence electrons. The minimum Gasteiger partial charge on any atom is -0.367 e. The summed E-state index contributed by atoms with van der Waals surface area (Å²) in [5.41, 5.74) is 3.84. The van der Waals surface area contributed by atoms with Gasteiger partial charge in [-0.2, -0.15) is 0 Å². The summed E-state index contributed by atoms with van der Waals surface area (Å²) in [7, 11) is 0. The second-order valence-corrected chi connectivity index (χ2v) is 4.76. The molecule has 0 fully saturated rings. The van der Waals surface area contributed by atoms with Crippen molar-refractivity contribution in [2.75, 3.05) is 6.54 Å². The minimum absolute atomic E-state index is 0.0708. The van der Waals surface area contributed by atoms with Crippen molar-refractivity contribution in [1.82, 2.24) is 20.3 Å². The quantitative estimate of drug-likeness (QED) is 0.678. The molecule has 0 aliphatic carbocycles. The lowest BCUT2D eigenvalue weighted by atomic mass is 10.2. The Labute approximate surface area is 116 Å². The Kier molecular flexibility index (Phi) is 3.25. The molecule has 3 aromatic rings. The van der Waals surface area contributed by atoms with E-state index in [0.29, 0.717) is 18.5 Å². The summed E-state index contributed by atoms with van der Waals surface area (Å²) in [5.74, 6) is 0.821. The number of fused-ring (bicyclic) bond motifs is 1. The average Bonchev–Trinajstić information content (AvgIpc) is 3.07. The van der Waals surface area contributed by atoms with Crippen LogP contribution in [-0.2, 0) is 6.42 Å². The summed E-state index contributed by atoms with van der Waals surface area (Å²) >= 11 is 0. The molecule has 3 N–H and O–H groups in total. The maximum Gasteiger partial charge on any atom is 0.252 e.